The monoisotopic (exact) mass is 375 g/mol. The van der Waals surface area contributed by atoms with Crippen LogP contribution in [0.15, 0.2) is 12.2 Å². The van der Waals surface area contributed by atoms with Crippen LogP contribution in [-0.2, 0) is 19.1 Å². The van der Waals surface area contributed by atoms with Crippen LogP contribution in [0.25, 0.3) is 0 Å². The minimum Gasteiger partial charge on any atom is -0.463 e. The number of carbonyl (C=O) groups is 3. The van der Waals surface area contributed by atoms with Crippen molar-refractivity contribution in [3.05, 3.63) is 12.2 Å². The lowest BCUT2D eigenvalue weighted by atomic mass is 10.2. The lowest BCUT2D eigenvalue weighted by Gasteiger charge is -2.22. The predicted octanol–water partition coefficient (Wildman–Crippen LogP) is 2.78. The molecule has 0 saturated carbocycles. The molecule has 1 aliphatic rings. The first kappa shape index (κ1) is 20.2. The van der Waals surface area contributed by atoms with E-state index in [4.69, 9.17) is 17.0 Å². The van der Waals surface area contributed by atoms with Crippen molar-refractivity contribution < 1.29 is 19.1 Å². The highest BCUT2D eigenvalue weighted by Crippen LogP contribution is 2.32. The minimum absolute atomic E-state index is 0.0161. The summed E-state index contributed by atoms with van der Waals surface area (Å²) >= 11 is 8.15. The van der Waals surface area contributed by atoms with E-state index < -0.39 is 10.7 Å². The number of nitrogens with zero attached hydrogens (tertiary/aromatic N) is 1. The van der Waals surface area contributed by atoms with Crippen molar-refractivity contribution in [3.63, 3.8) is 0 Å². The van der Waals surface area contributed by atoms with E-state index in [1.807, 2.05) is 0 Å². The number of rotatable bonds is 8. The Balaban J connectivity index is 2.35. The first-order valence-electron chi connectivity index (χ1n) is 7.34. The van der Waals surface area contributed by atoms with E-state index >= 15 is 0 Å². The van der Waals surface area contributed by atoms with Crippen LogP contribution >= 0.6 is 35.7 Å². The fourth-order valence-corrected chi connectivity index (χ4v) is 4.78. The van der Waals surface area contributed by atoms with Crippen LogP contribution in [0.3, 0.4) is 0 Å². The van der Waals surface area contributed by atoms with Crippen molar-refractivity contribution in [2.45, 2.75) is 38.4 Å². The van der Waals surface area contributed by atoms with Gasteiger partial charge >= 0.3 is 5.97 Å². The maximum Gasteiger partial charge on any atom is 0.322 e. The van der Waals surface area contributed by atoms with Crippen molar-refractivity contribution >= 4 is 57.1 Å². The number of amides is 2. The van der Waals surface area contributed by atoms with E-state index in [1.54, 1.807) is 25.6 Å². The Morgan fingerprint density at radius 2 is 1.91 bits per heavy atom. The van der Waals surface area contributed by atoms with Gasteiger partial charge in [0.15, 0.2) is 0 Å². The molecule has 1 heterocycles. The number of hydrogen-bond donors (Lipinski definition) is 0. The van der Waals surface area contributed by atoms with Gasteiger partial charge in [-0.15, -0.1) is 11.8 Å². The van der Waals surface area contributed by atoms with Crippen LogP contribution in [0, 0.1) is 0 Å². The lowest BCUT2D eigenvalue weighted by molar-refractivity contribution is -0.148. The third-order valence-corrected chi connectivity index (χ3v) is 5.78. The smallest absolute Gasteiger partial charge is 0.322 e. The number of thioether (sulfide) groups is 2. The number of thiocarbonyl (C=S) groups is 1. The summed E-state index contributed by atoms with van der Waals surface area (Å²) in [6.07, 6.45) is 4.60. The maximum absolute atomic E-state index is 12.2. The van der Waals surface area contributed by atoms with Gasteiger partial charge in [-0.05, 0) is 26.0 Å². The number of imide groups is 1. The number of esters is 1. The second-order valence-electron chi connectivity index (χ2n) is 5.36. The summed E-state index contributed by atoms with van der Waals surface area (Å²) in [6, 6.07) is 0. The number of hydrogen-bond acceptors (Lipinski definition) is 7. The molecule has 5 nitrogen and oxygen atoms in total. The van der Waals surface area contributed by atoms with Crippen LogP contribution in [0.4, 0.5) is 0 Å². The second-order valence-corrected chi connectivity index (χ2v) is 9.28. The van der Waals surface area contributed by atoms with Crippen molar-refractivity contribution in [3.8, 4) is 0 Å². The molecule has 0 aromatic carbocycles. The highest BCUT2D eigenvalue weighted by molar-refractivity contribution is 8.47. The standard InChI is InChI=1S/C15H21NO4S3/c1-4-5-10-22-14(21)23-15(2,3)13(19)20-9-8-16-11(17)6-7-12(16)18/h6-7H,4-5,8-10H2,1-3H3. The Morgan fingerprint density at radius 1 is 1.30 bits per heavy atom. The molecule has 0 bridgehead atoms. The first-order valence-corrected chi connectivity index (χ1v) is 9.55. The van der Waals surface area contributed by atoms with Crippen molar-refractivity contribution in [2.24, 2.45) is 0 Å². The average Bonchev–Trinajstić information content (AvgIpc) is 2.78. The number of carbonyl (C=O) groups excluding carboxylic acids is 3. The molecule has 2 amide bonds. The van der Waals surface area contributed by atoms with Gasteiger partial charge in [0.25, 0.3) is 11.8 Å². The maximum atomic E-state index is 12.2. The Morgan fingerprint density at radius 3 is 2.48 bits per heavy atom. The molecule has 0 fully saturated rings. The van der Waals surface area contributed by atoms with Gasteiger partial charge in [0.2, 0.25) is 0 Å². The molecular formula is C15H21NO4S3. The fraction of sp³-hybridized carbons (Fsp3) is 0.600. The Kier molecular flexibility index (Phi) is 8.28. The Labute approximate surface area is 150 Å². The van der Waals surface area contributed by atoms with Crippen LogP contribution in [-0.4, -0.2) is 49.9 Å². The zero-order chi connectivity index (χ0) is 17.5. The van der Waals surface area contributed by atoms with Crippen molar-refractivity contribution in [1.29, 1.82) is 0 Å². The SMILES string of the molecule is CCCCSC(=S)SC(C)(C)C(=O)OCCN1C(=O)C=CC1=O. The van der Waals surface area contributed by atoms with Crippen molar-refractivity contribution in [1.82, 2.24) is 4.90 Å². The van der Waals surface area contributed by atoms with Gasteiger partial charge in [0.1, 0.15) is 14.9 Å². The molecule has 128 valence electrons. The molecule has 23 heavy (non-hydrogen) atoms. The van der Waals surface area contributed by atoms with Gasteiger partial charge in [-0.1, -0.05) is 37.3 Å². The molecule has 0 aliphatic carbocycles. The molecule has 0 unspecified atom stereocenters. The average molecular weight is 376 g/mol. The highest BCUT2D eigenvalue weighted by atomic mass is 32.2. The Bertz CT molecular complexity index is 499. The summed E-state index contributed by atoms with van der Waals surface area (Å²) in [6.45, 7) is 5.66. The lowest BCUT2D eigenvalue weighted by Crippen LogP contribution is -2.36. The van der Waals surface area contributed by atoms with E-state index in [9.17, 15) is 14.4 Å². The van der Waals surface area contributed by atoms with Crippen LogP contribution < -0.4 is 0 Å². The van der Waals surface area contributed by atoms with Crippen molar-refractivity contribution in [2.75, 3.05) is 18.9 Å². The first-order chi connectivity index (χ1) is 10.8. The summed E-state index contributed by atoms with van der Waals surface area (Å²) in [5, 5.41) is 0. The van der Waals surface area contributed by atoms with Gasteiger partial charge in [-0.3, -0.25) is 19.3 Å². The van der Waals surface area contributed by atoms with E-state index in [2.05, 4.69) is 6.92 Å². The minimum atomic E-state index is -0.798. The summed E-state index contributed by atoms with van der Waals surface area (Å²) in [5.74, 6) is -0.228. The topological polar surface area (TPSA) is 63.7 Å². The zero-order valence-electron chi connectivity index (χ0n) is 13.5. The molecule has 1 rings (SSSR count). The Hall–Kier alpha value is -0.860. The zero-order valence-corrected chi connectivity index (χ0v) is 15.9. The van der Waals surface area contributed by atoms with E-state index in [-0.39, 0.29) is 25.0 Å². The van der Waals surface area contributed by atoms with Gasteiger partial charge < -0.3 is 4.74 Å². The summed E-state index contributed by atoms with van der Waals surface area (Å²) < 4.78 is 5.11. The van der Waals surface area contributed by atoms with Gasteiger partial charge in [0, 0.05) is 12.2 Å². The summed E-state index contributed by atoms with van der Waals surface area (Å²) in [7, 11) is 0. The number of unbranched alkanes of at least 4 members (excludes halogenated alkanes) is 1. The third kappa shape index (κ3) is 6.64. The number of ether oxygens (including phenoxy) is 1. The highest BCUT2D eigenvalue weighted by Gasteiger charge is 2.32. The normalized spacial score (nSPS) is 14.5. The molecule has 0 saturated heterocycles. The van der Waals surface area contributed by atoms with E-state index in [1.165, 1.54) is 23.9 Å². The molecule has 0 radical (unpaired) electrons. The molecule has 0 N–H and O–H groups in total. The fourth-order valence-electron chi connectivity index (χ4n) is 1.63. The largest absolute Gasteiger partial charge is 0.463 e. The quantitative estimate of drug-likeness (QED) is 0.280. The molecular weight excluding hydrogens is 354 g/mol. The molecule has 0 spiro atoms. The van der Waals surface area contributed by atoms with Gasteiger partial charge in [-0.2, -0.15) is 0 Å². The molecule has 0 aromatic heterocycles. The van der Waals surface area contributed by atoms with Gasteiger partial charge in [-0.25, -0.2) is 0 Å². The van der Waals surface area contributed by atoms with Gasteiger partial charge in [0.05, 0.1) is 6.54 Å². The second kappa shape index (κ2) is 9.44. The van der Waals surface area contributed by atoms with E-state index in [0.29, 0.717) is 0 Å². The van der Waals surface area contributed by atoms with Crippen LogP contribution in [0.5, 0.6) is 0 Å². The third-order valence-electron chi connectivity index (χ3n) is 3.00. The van der Waals surface area contributed by atoms with Crippen LogP contribution in [0.1, 0.15) is 33.6 Å². The summed E-state index contributed by atoms with van der Waals surface area (Å²) in [4.78, 5) is 36.0. The predicted molar refractivity (Wildman–Crippen MR) is 98.5 cm³/mol. The molecule has 0 atom stereocenters. The van der Waals surface area contributed by atoms with E-state index in [0.717, 1.165) is 27.0 Å². The summed E-state index contributed by atoms with van der Waals surface area (Å²) in [5.41, 5.74) is 0. The van der Waals surface area contributed by atoms with Crippen LogP contribution in [0.2, 0.25) is 0 Å². The molecule has 1 aliphatic heterocycles. The molecule has 8 heteroatoms. The molecule has 0 aromatic rings.